The standard InChI is InChI=1S/C45H57N6O8P/c1-10-11-25-57-60(51(30(4)5)31(6)7)59-37-26-39(50-28-46-40-41(50)47-44(49-43(40)53)48-42(52)29(2)3)58-38(37)27-56-45(32-15-13-12-14-16-32,33-17-21-35(54-8)22-18-33)34-19-23-36(55-9)24-20-34/h10,12-24,28-31,37-39H,1,11,25-27H2,2-9H3,(H2,47,48,49,52,53). The van der Waals surface area contributed by atoms with Crippen molar-refractivity contribution in [2.24, 2.45) is 5.92 Å². The number of carbonyl (C=O) groups is 1. The molecule has 4 unspecified atom stereocenters. The Morgan fingerprint density at radius 1 is 0.967 bits per heavy atom. The lowest BCUT2D eigenvalue weighted by Gasteiger charge is -2.39. The maximum Gasteiger partial charge on any atom is 0.280 e. The number of methoxy groups -OCH3 is 2. The smallest absolute Gasteiger partial charge is 0.280 e. The second-order valence-electron chi connectivity index (χ2n) is 15.4. The number of H-pyrrole nitrogens is 1. The van der Waals surface area contributed by atoms with Crippen molar-refractivity contribution in [3.05, 3.63) is 125 Å². The maximum atomic E-state index is 13.2. The minimum Gasteiger partial charge on any atom is -0.497 e. The van der Waals surface area contributed by atoms with E-state index >= 15 is 0 Å². The molecule has 0 saturated carbocycles. The third-order valence-electron chi connectivity index (χ3n) is 10.3. The summed E-state index contributed by atoms with van der Waals surface area (Å²) in [7, 11) is 1.69. The molecule has 0 spiro atoms. The molecule has 1 aliphatic rings. The summed E-state index contributed by atoms with van der Waals surface area (Å²) < 4.78 is 43.0. The van der Waals surface area contributed by atoms with Crippen LogP contribution in [-0.4, -0.2) is 81.8 Å². The van der Waals surface area contributed by atoms with Gasteiger partial charge in [0, 0.05) is 24.4 Å². The van der Waals surface area contributed by atoms with Crippen LogP contribution in [0.25, 0.3) is 11.2 Å². The topological polar surface area (TPSA) is 151 Å². The van der Waals surface area contributed by atoms with Gasteiger partial charge in [-0.3, -0.25) is 24.5 Å². The van der Waals surface area contributed by atoms with Crippen molar-refractivity contribution in [3.63, 3.8) is 0 Å². The van der Waals surface area contributed by atoms with Gasteiger partial charge in [0.2, 0.25) is 11.9 Å². The number of aromatic nitrogens is 4. The van der Waals surface area contributed by atoms with Gasteiger partial charge in [-0.2, -0.15) is 4.98 Å². The van der Waals surface area contributed by atoms with Crippen molar-refractivity contribution < 1.29 is 32.8 Å². The average Bonchev–Trinajstić information content (AvgIpc) is 3.85. The largest absolute Gasteiger partial charge is 0.497 e. The summed E-state index contributed by atoms with van der Waals surface area (Å²) in [5.41, 5.74) is 1.39. The van der Waals surface area contributed by atoms with Gasteiger partial charge >= 0.3 is 0 Å². The Morgan fingerprint density at radius 2 is 1.57 bits per heavy atom. The predicted molar refractivity (Wildman–Crippen MR) is 233 cm³/mol. The Kier molecular flexibility index (Phi) is 14.9. The van der Waals surface area contributed by atoms with E-state index < -0.39 is 38.1 Å². The molecular weight excluding hydrogens is 784 g/mol. The van der Waals surface area contributed by atoms with Crippen molar-refractivity contribution in [2.75, 3.05) is 32.8 Å². The first-order chi connectivity index (χ1) is 28.9. The summed E-state index contributed by atoms with van der Waals surface area (Å²) in [6.45, 7) is 16.4. The van der Waals surface area contributed by atoms with Gasteiger partial charge in [-0.05, 0) is 75.1 Å². The van der Waals surface area contributed by atoms with Crippen LogP contribution in [0.15, 0.2) is 103 Å². The van der Waals surface area contributed by atoms with Crippen molar-refractivity contribution in [2.45, 2.75) is 90.5 Å². The molecule has 3 heterocycles. The van der Waals surface area contributed by atoms with Gasteiger partial charge in [0.25, 0.3) is 14.1 Å². The lowest BCUT2D eigenvalue weighted by molar-refractivity contribution is -0.118. The number of nitrogens with zero attached hydrogens (tertiary/aromatic N) is 4. The van der Waals surface area contributed by atoms with Gasteiger partial charge in [-0.15, -0.1) is 6.58 Å². The maximum absolute atomic E-state index is 13.2. The van der Waals surface area contributed by atoms with Crippen LogP contribution in [-0.2, 0) is 28.9 Å². The van der Waals surface area contributed by atoms with Crippen LogP contribution in [0.2, 0.25) is 0 Å². The van der Waals surface area contributed by atoms with Gasteiger partial charge < -0.3 is 28.0 Å². The van der Waals surface area contributed by atoms with Crippen molar-refractivity contribution in [1.82, 2.24) is 24.2 Å². The third-order valence-corrected chi connectivity index (χ3v) is 12.5. The molecule has 0 aliphatic carbocycles. The van der Waals surface area contributed by atoms with Crippen LogP contribution < -0.4 is 20.3 Å². The molecule has 4 atom stereocenters. The Bertz CT molecular complexity index is 2170. The molecule has 15 heteroatoms. The zero-order valence-corrected chi connectivity index (χ0v) is 36.6. The van der Waals surface area contributed by atoms with Gasteiger partial charge in [0.1, 0.15) is 29.4 Å². The summed E-state index contributed by atoms with van der Waals surface area (Å²) in [6.07, 6.45) is 2.48. The lowest BCUT2D eigenvalue weighted by atomic mass is 9.80. The molecule has 1 amide bonds. The van der Waals surface area contributed by atoms with Crippen molar-refractivity contribution >= 4 is 31.5 Å². The molecule has 6 rings (SSSR count). The Labute approximate surface area is 353 Å². The minimum absolute atomic E-state index is 0.0221. The van der Waals surface area contributed by atoms with Crippen LogP contribution in [0.1, 0.15) is 77.3 Å². The SMILES string of the molecule is C=CCCOP(OC1CC(n2cnc3c(=O)[nH]c(NC(=O)C(C)C)nc32)OC1COC(c1ccccc1)(c1ccc(OC)cc1)c1ccc(OC)cc1)N(C(C)C)C(C)C. The zero-order chi connectivity index (χ0) is 43.0. The quantitative estimate of drug-likeness (QED) is 0.0337. The highest BCUT2D eigenvalue weighted by atomic mass is 31.2. The second kappa shape index (κ2) is 20.1. The number of hydrogen-bond donors (Lipinski definition) is 2. The molecule has 1 fully saturated rings. The van der Waals surface area contributed by atoms with E-state index in [-0.39, 0.29) is 47.6 Å². The van der Waals surface area contributed by atoms with E-state index in [0.29, 0.717) is 30.9 Å². The number of hydrogen-bond acceptors (Lipinski definition) is 11. The van der Waals surface area contributed by atoms with E-state index in [1.54, 1.807) is 32.6 Å². The number of fused-ring (bicyclic) bond motifs is 1. The summed E-state index contributed by atoms with van der Waals surface area (Å²) >= 11 is 0. The van der Waals surface area contributed by atoms with Crippen LogP contribution >= 0.6 is 8.53 Å². The minimum atomic E-state index is -1.59. The average molecular weight is 841 g/mol. The number of carbonyl (C=O) groups excluding carboxylic acids is 1. The lowest BCUT2D eigenvalue weighted by Crippen LogP contribution is -2.39. The molecule has 2 aromatic heterocycles. The summed E-state index contributed by atoms with van der Waals surface area (Å²) in [5, 5.41) is 2.71. The number of nitrogens with one attached hydrogen (secondary N) is 2. The van der Waals surface area contributed by atoms with Crippen LogP contribution in [0.4, 0.5) is 5.95 Å². The molecule has 14 nitrogen and oxygen atoms in total. The van der Waals surface area contributed by atoms with E-state index in [1.807, 2.05) is 84.9 Å². The highest BCUT2D eigenvalue weighted by Gasteiger charge is 2.45. The molecule has 3 aromatic carbocycles. The van der Waals surface area contributed by atoms with Crippen molar-refractivity contribution in [1.29, 1.82) is 0 Å². The molecule has 5 aromatic rings. The normalized spacial score (nSPS) is 17.5. The fraction of sp³-hybridized carbons (Fsp3) is 0.422. The Morgan fingerprint density at radius 3 is 2.12 bits per heavy atom. The summed E-state index contributed by atoms with van der Waals surface area (Å²) in [5.74, 6) is 0.830. The number of benzene rings is 3. The highest BCUT2D eigenvalue weighted by Crippen LogP contribution is 2.51. The third kappa shape index (κ3) is 9.81. The van der Waals surface area contributed by atoms with Gasteiger partial charge in [0.15, 0.2) is 11.2 Å². The second-order valence-corrected chi connectivity index (χ2v) is 16.8. The number of amides is 1. The summed E-state index contributed by atoms with van der Waals surface area (Å²) in [4.78, 5) is 37.5. The first-order valence-electron chi connectivity index (χ1n) is 20.3. The van der Waals surface area contributed by atoms with E-state index in [2.05, 4.69) is 59.2 Å². The molecule has 1 saturated heterocycles. The first-order valence-corrected chi connectivity index (χ1v) is 21.4. The van der Waals surface area contributed by atoms with E-state index in [1.165, 1.54) is 6.33 Å². The molecule has 0 bridgehead atoms. The predicted octanol–water partition coefficient (Wildman–Crippen LogP) is 8.35. The number of aromatic amines is 1. The molecule has 60 heavy (non-hydrogen) atoms. The fourth-order valence-electron chi connectivity index (χ4n) is 7.33. The molecule has 1 aliphatic heterocycles. The first kappa shape index (κ1) is 44.6. The number of rotatable bonds is 20. The van der Waals surface area contributed by atoms with E-state index in [4.69, 9.17) is 28.0 Å². The zero-order valence-electron chi connectivity index (χ0n) is 35.7. The van der Waals surface area contributed by atoms with E-state index in [9.17, 15) is 9.59 Å². The van der Waals surface area contributed by atoms with E-state index in [0.717, 1.165) is 16.7 Å². The number of ether oxygens (including phenoxy) is 4. The fourth-order valence-corrected chi connectivity index (χ4v) is 9.10. The Balaban J connectivity index is 1.45. The van der Waals surface area contributed by atoms with Crippen LogP contribution in [0.3, 0.4) is 0 Å². The molecular formula is C45H57N6O8P. The van der Waals surface area contributed by atoms with Crippen molar-refractivity contribution in [3.8, 4) is 11.5 Å². The van der Waals surface area contributed by atoms with Crippen LogP contribution in [0, 0.1) is 5.92 Å². The van der Waals surface area contributed by atoms with Gasteiger partial charge in [0.05, 0.1) is 39.9 Å². The highest BCUT2D eigenvalue weighted by molar-refractivity contribution is 7.44. The number of imidazole rings is 1. The molecule has 320 valence electrons. The Hall–Kier alpha value is -4.95. The molecule has 2 N–H and O–H groups in total. The summed E-state index contributed by atoms with van der Waals surface area (Å²) in [6, 6.07) is 26.0. The molecule has 0 radical (unpaired) electrons. The number of anilines is 1. The van der Waals surface area contributed by atoms with Gasteiger partial charge in [-0.1, -0.05) is 74.5 Å². The van der Waals surface area contributed by atoms with Crippen LogP contribution in [0.5, 0.6) is 11.5 Å². The monoisotopic (exact) mass is 840 g/mol. The van der Waals surface area contributed by atoms with Gasteiger partial charge in [-0.25, -0.2) is 9.65 Å².